The monoisotopic (exact) mass is 276 g/mol. The van der Waals surface area contributed by atoms with Crippen molar-refractivity contribution in [2.75, 3.05) is 6.61 Å². The lowest BCUT2D eigenvalue weighted by Gasteiger charge is -2.02. The van der Waals surface area contributed by atoms with E-state index in [4.69, 9.17) is 16.3 Å². The minimum Gasteiger partial charge on any atom is -0.462 e. The van der Waals surface area contributed by atoms with Crippen LogP contribution in [0.15, 0.2) is 30.3 Å². The minimum absolute atomic E-state index is 0.170. The average molecular weight is 277 g/mol. The van der Waals surface area contributed by atoms with Gasteiger partial charge in [0.15, 0.2) is 5.78 Å². The average Bonchev–Trinajstić information content (AvgIpc) is 2.49. The van der Waals surface area contributed by atoms with Gasteiger partial charge in [0.25, 0.3) is 0 Å². The number of fused-ring (bicyclic) bond motifs is 1. The van der Waals surface area contributed by atoms with Gasteiger partial charge in [0.05, 0.1) is 17.2 Å². The fraction of sp³-hybridized carbons (Fsp3) is 0.200. The van der Waals surface area contributed by atoms with Gasteiger partial charge in [-0.25, -0.2) is 4.79 Å². The number of esters is 1. The van der Waals surface area contributed by atoms with E-state index >= 15 is 0 Å². The standard InChI is InChI=1S/C15H13ClO3/c1-3-19-15(18)13-11-8-6-4-5-7-10(11)12(9(2)17)14(13)16/h4-8H,3H2,1-2H3. The maximum absolute atomic E-state index is 12.0. The molecule has 3 nitrogen and oxygen atoms in total. The summed E-state index contributed by atoms with van der Waals surface area (Å²) in [5.74, 6) is -0.673. The third-order valence-corrected chi connectivity index (χ3v) is 3.23. The quantitative estimate of drug-likeness (QED) is 0.632. The largest absolute Gasteiger partial charge is 0.462 e. The number of halogens is 1. The Labute approximate surface area is 116 Å². The lowest BCUT2D eigenvalue weighted by molar-refractivity contribution is 0.0528. The molecule has 2 aliphatic carbocycles. The zero-order valence-electron chi connectivity index (χ0n) is 10.7. The van der Waals surface area contributed by atoms with E-state index in [0.29, 0.717) is 16.7 Å². The normalized spacial score (nSPS) is 10.5. The Morgan fingerprint density at radius 1 is 1.11 bits per heavy atom. The Bertz CT molecular complexity index is 619. The van der Waals surface area contributed by atoms with Crippen LogP contribution in [0.1, 0.15) is 34.6 Å². The number of Topliss-reactive ketones (excluding diaryl/α,β-unsaturated/α-hetero) is 1. The summed E-state index contributed by atoms with van der Waals surface area (Å²) in [5.41, 5.74) is 1.94. The molecule has 0 aromatic heterocycles. The molecule has 0 unspecified atom stereocenters. The zero-order chi connectivity index (χ0) is 14.0. The van der Waals surface area contributed by atoms with E-state index in [0.717, 1.165) is 0 Å². The second-order valence-electron chi connectivity index (χ2n) is 4.08. The number of ketones is 1. The number of carbonyl (C=O) groups is 2. The van der Waals surface area contributed by atoms with Gasteiger partial charge in [0.2, 0.25) is 0 Å². The van der Waals surface area contributed by atoms with Crippen molar-refractivity contribution in [2.24, 2.45) is 0 Å². The van der Waals surface area contributed by atoms with Gasteiger partial charge in [-0.2, -0.15) is 0 Å². The molecule has 4 heteroatoms. The Morgan fingerprint density at radius 3 is 2.21 bits per heavy atom. The molecular weight excluding hydrogens is 264 g/mol. The van der Waals surface area contributed by atoms with Crippen molar-refractivity contribution in [3.63, 3.8) is 0 Å². The second kappa shape index (κ2) is 5.41. The second-order valence-corrected chi connectivity index (χ2v) is 4.46. The minimum atomic E-state index is -0.504. The molecule has 0 heterocycles. The first-order valence-corrected chi connectivity index (χ1v) is 6.34. The van der Waals surface area contributed by atoms with Crippen LogP contribution in [0.25, 0.3) is 11.1 Å². The van der Waals surface area contributed by atoms with E-state index in [1.807, 2.05) is 6.07 Å². The summed E-state index contributed by atoms with van der Waals surface area (Å²) in [6, 6.07) is 8.97. The van der Waals surface area contributed by atoms with Crippen molar-refractivity contribution >= 4 is 23.4 Å². The highest BCUT2D eigenvalue weighted by molar-refractivity contribution is 6.39. The van der Waals surface area contributed by atoms with Gasteiger partial charge in [-0.15, -0.1) is 0 Å². The van der Waals surface area contributed by atoms with Crippen LogP contribution >= 0.6 is 11.6 Å². The summed E-state index contributed by atoms with van der Waals surface area (Å²) >= 11 is 6.20. The van der Waals surface area contributed by atoms with Crippen molar-refractivity contribution in [1.82, 2.24) is 0 Å². The van der Waals surface area contributed by atoms with Crippen LogP contribution in [0.2, 0.25) is 5.02 Å². The molecule has 0 amide bonds. The predicted molar refractivity (Wildman–Crippen MR) is 74.0 cm³/mol. The smallest absolute Gasteiger partial charge is 0.340 e. The Morgan fingerprint density at radius 2 is 1.68 bits per heavy atom. The molecule has 0 aliphatic heterocycles. The molecule has 0 N–H and O–H groups in total. The summed E-state index contributed by atoms with van der Waals surface area (Å²) in [4.78, 5) is 23.7. The number of rotatable bonds is 3. The molecule has 2 aliphatic rings. The van der Waals surface area contributed by atoms with Crippen LogP contribution in [0.5, 0.6) is 0 Å². The topological polar surface area (TPSA) is 43.4 Å². The molecule has 0 saturated carbocycles. The Kier molecular flexibility index (Phi) is 3.86. The predicted octanol–water partition coefficient (Wildman–Crippen LogP) is 3.82. The molecule has 2 rings (SSSR count). The first kappa shape index (κ1) is 13.6. The first-order chi connectivity index (χ1) is 9.07. The summed E-state index contributed by atoms with van der Waals surface area (Å²) < 4.78 is 5.01. The number of ether oxygens (including phenoxy) is 1. The van der Waals surface area contributed by atoms with Gasteiger partial charge in [0.1, 0.15) is 0 Å². The van der Waals surface area contributed by atoms with Crippen LogP contribution in [0.3, 0.4) is 0 Å². The third kappa shape index (κ3) is 2.34. The van der Waals surface area contributed by atoms with Gasteiger partial charge >= 0.3 is 5.97 Å². The molecule has 0 saturated heterocycles. The summed E-state index contributed by atoms with van der Waals surface area (Å²) in [6.45, 7) is 3.42. The summed E-state index contributed by atoms with van der Waals surface area (Å²) in [7, 11) is 0. The Balaban J connectivity index is 2.76. The van der Waals surface area contributed by atoms with Crippen LogP contribution in [-0.4, -0.2) is 18.4 Å². The fourth-order valence-corrected chi connectivity index (χ4v) is 2.51. The zero-order valence-corrected chi connectivity index (χ0v) is 11.5. The van der Waals surface area contributed by atoms with Crippen LogP contribution in [0.4, 0.5) is 0 Å². The molecule has 0 bridgehead atoms. The van der Waals surface area contributed by atoms with E-state index in [9.17, 15) is 9.59 Å². The summed E-state index contributed by atoms with van der Waals surface area (Å²) in [6.07, 6.45) is 0. The van der Waals surface area contributed by atoms with E-state index in [2.05, 4.69) is 0 Å². The lowest BCUT2D eigenvalue weighted by atomic mass is 10.1. The molecule has 19 heavy (non-hydrogen) atoms. The van der Waals surface area contributed by atoms with Gasteiger partial charge in [-0.05, 0) is 25.0 Å². The maximum Gasteiger partial charge on any atom is 0.340 e. The SMILES string of the molecule is CCOC(=O)c1c2cccccc-2c(C(C)=O)c1Cl. The van der Waals surface area contributed by atoms with Gasteiger partial charge in [-0.3, -0.25) is 4.79 Å². The van der Waals surface area contributed by atoms with Crippen molar-refractivity contribution in [2.45, 2.75) is 13.8 Å². The molecule has 98 valence electrons. The maximum atomic E-state index is 12.0. The Hall–Kier alpha value is -1.87. The molecule has 0 spiro atoms. The highest BCUT2D eigenvalue weighted by Gasteiger charge is 2.28. The first-order valence-electron chi connectivity index (χ1n) is 5.96. The van der Waals surface area contributed by atoms with Crippen LogP contribution < -0.4 is 0 Å². The highest BCUT2D eigenvalue weighted by Crippen LogP contribution is 2.40. The van der Waals surface area contributed by atoms with E-state index in [1.165, 1.54) is 6.92 Å². The lowest BCUT2D eigenvalue weighted by Crippen LogP contribution is -2.05. The van der Waals surface area contributed by atoms with Crippen molar-refractivity contribution in [3.05, 3.63) is 46.5 Å². The third-order valence-electron chi connectivity index (χ3n) is 2.85. The van der Waals surface area contributed by atoms with E-state index in [1.54, 1.807) is 31.2 Å². The molecule has 0 aromatic carbocycles. The number of carbonyl (C=O) groups excluding carboxylic acids is 2. The number of hydrogen-bond acceptors (Lipinski definition) is 3. The molecule has 0 fully saturated rings. The van der Waals surface area contributed by atoms with Gasteiger partial charge in [0, 0.05) is 5.56 Å². The van der Waals surface area contributed by atoms with Gasteiger partial charge in [-0.1, -0.05) is 41.9 Å². The fourth-order valence-electron chi connectivity index (χ4n) is 2.09. The number of hydrogen-bond donors (Lipinski definition) is 0. The molecular formula is C15H13ClO3. The molecule has 0 aromatic rings. The highest BCUT2D eigenvalue weighted by atomic mass is 35.5. The van der Waals surface area contributed by atoms with Crippen LogP contribution in [-0.2, 0) is 4.74 Å². The van der Waals surface area contributed by atoms with Crippen LogP contribution in [0, 0.1) is 0 Å². The van der Waals surface area contributed by atoms with E-state index < -0.39 is 5.97 Å². The molecule has 0 radical (unpaired) electrons. The van der Waals surface area contributed by atoms with E-state index in [-0.39, 0.29) is 23.0 Å². The summed E-state index contributed by atoms with van der Waals surface area (Å²) in [5, 5.41) is 0.173. The van der Waals surface area contributed by atoms with Crippen molar-refractivity contribution in [1.29, 1.82) is 0 Å². The van der Waals surface area contributed by atoms with Crippen molar-refractivity contribution in [3.8, 4) is 11.1 Å². The molecule has 0 atom stereocenters. The van der Waals surface area contributed by atoms with Gasteiger partial charge < -0.3 is 4.74 Å². The van der Waals surface area contributed by atoms with Crippen molar-refractivity contribution < 1.29 is 14.3 Å².